The van der Waals surface area contributed by atoms with Gasteiger partial charge in [0.25, 0.3) is 0 Å². The molecule has 7 heteroatoms. The van der Waals surface area contributed by atoms with Crippen LogP contribution < -0.4 is 4.90 Å². The molecule has 3 aromatic heterocycles. The number of aromatic amines is 1. The Bertz CT molecular complexity index is 839. The number of H-pyrrole nitrogens is 1. The molecule has 126 valence electrons. The van der Waals surface area contributed by atoms with Gasteiger partial charge < -0.3 is 14.4 Å². The molecule has 4 heterocycles. The fourth-order valence-corrected chi connectivity index (χ4v) is 3.62. The Morgan fingerprint density at radius 1 is 1.38 bits per heavy atom. The molecular formula is C17H22N6O. The van der Waals surface area contributed by atoms with E-state index in [1.165, 1.54) is 12.0 Å². The minimum atomic E-state index is 0.507. The maximum atomic E-state index is 5.29. The molecule has 0 radical (unpaired) electrons. The highest BCUT2D eigenvalue weighted by atomic mass is 16.5. The van der Waals surface area contributed by atoms with Crippen LogP contribution in [0.3, 0.4) is 0 Å². The average molecular weight is 326 g/mol. The molecule has 0 spiro atoms. The Labute approximate surface area is 140 Å². The number of fused-ring (bicyclic) bond motifs is 1. The van der Waals surface area contributed by atoms with Crippen molar-refractivity contribution in [3.05, 3.63) is 29.8 Å². The van der Waals surface area contributed by atoms with Gasteiger partial charge in [0.2, 0.25) is 5.89 Å². The molecule has 3 aromatic rings. The van der Waals surface area contributed by atoms with Crippen LogP contribution in [0.5, 0.6) is 0 Å². The fourth-order valence-electron chi connectivity index (χ4n) is 3.62. The first kappa shape index (κ1) is 15.1. The van der Waals surface area contributed by atoms with Crippen LogP contribution >= 0.6 is 0 Å². The first-order valence-corrected chi connectivity index (χ1v) is 8.59. The molecule has 1 aliphatic rings. The zero-order chi connectivity index (χ0) is 16.5. The Balaban J connectivity index is 1.59. The molecule has 0 saturated carbocycles. The molecule has 0 bridgehead atoms. The van der Waals surface area contributed by atoms with E-state index in [-0.39, 0.29) is 0 Å². The van der Waals surface area contributed by atoms with Gasteiger partial charge in [-0.25, -0.2) is 9.97 Å². The second-order valence-electron chi connectivity index (χ2n) is 6.48. The summed E-state index contributed by atoms with van der Waals surface area (Å²) in [4.78, 5) is 19.0. The molecule has 0 aliphatic carbocycles. The lowest BCUT2D eigenvalue weighted by atomic mass is 9.94. The summed E-state index contributed by atoms with van der Waals surface area (Å²) in [5, 5.41) is 5.05. The lowest BCUT2D eigenvalue weighted by molar-refractivity contribution is 0.328. The van der Waals surface area contributed by atoms with Crippen LogP contribution in [0.15, 0.2) is 17.0 Å². The zero-order valence-corrected chi connectivity index (χ0v) is 14.1. The molecule has 0 amide bonds. The predicted molar refractivity (Wildman–Crippen MR) is 90.9 cm³/mol. The van der Waals surface area contributed by atoms with Gasteiger partial charge in [-0.2, -0.15) is 4.98 Å². The highest BCUT2D eigenvalue weighted by Crippen LogP contribution is 2.30. The second-order valence-corrected chi connectivity index (χ2v) is 6.48. The number of piperidine rings is 1. The number of aryl methyl sites for hydroxylation is 2. The molecule has 1 aliphatic heterocycles. The van der Waals surface area contributed by atoms with E-state index in [1.54, 1.807) is 6.33 Å². The summed E-state index contributed by atoms with van der Waals surface area (Å²) < 4.78 is 5.29. The van der Waals surface area contributed by atoms with E-state index in [2.05, 4.69) is 36.9 Å². The second kappa shape index (κ2) is 6.22. The fraction of sp³-hybridized carbons (Fsp3) is 0.529. The summed E-state index contributed by atoms with van der Waals surface area (Å²) in [7, 11) is 0. The number of nitrogens with one attached hydrogen (secondary N) is 1. The largest absolute Gasteiger partial charge is 0.356 e. The number of nitrogens with zero attached hydrogens (tertiary/aromatic N) is 5. The number of aromatic nitrogens is 5. The number of hydrogen-bond acceptors (Lipinski definition) is 6. The standard InChI is InChI=1S/C17H22N6O/c1-3-13-8-18-16-15(13)17(20-10-19-16)23-6-4-5-12(9-23)7-14-21-11(2)22-24-14/h8,10,12H,3-7,9H2,1-2H3,(H,18,19,20). The van der Waals surface area contributed by atoms with Crippen LogP contribution in [-0.2, 0) is 12.8 Å². The molecule has 4 rings (SSSR count). The molecule has 1 saturated heterocycles. The maximum Gasteiger partial charge on any atom is 0.226 e. The third-order valence-electron chi connectivity index (χ3n) is 4.76. The number of anilines is 1. The van der Waals surface area contributed by atoms with Gasteiger partial charge in [-0.05, 0) is 37.7 Å². The van der Waals surface area contributed by atoms with Crippen LogP contribution in [0.2, 0.25) is 0 Å². The van der Waals surface area contributed by atoms with Crippen LogP contribution in [0.4, 0.5) is 5.82 Å². The highest BCUT2D eigenvalue weighted by molar-refractivity contribution is 5.90. The minimum absolute atomic E-state index is 0.507. The van der Waals surface area contributed by atoms with Crippen molar-refractivity contribution < 1.29 is 4.52 Å². The quantitative estimate of drug-likeness (QED) is 0.793. The summed E-state index contributed by atoms with van der Waals surface area (Å²) in [6, 6.07) is 0. The van der Waals surface area contributed by atoms with Gasteiger partial charge in [0.05, 0.1) is 5.39 Å². The monoisotopic (exact) mass is 326 g/mol. The van der Waals surface area contributed by atoms with E-state index in [0.717, 1.165) is 55.1 Å². The van der Waals surface area contributed by atoms with Crippen molar-refractivity contribution in [3.8, 4) is 0 Å². The van der Waals surface area contributed by atoms with E-state index in [9.17, 15) is 0 Å². The molecule has 0 aromatic carbocycles. The average Bonchev–Trinajstić information content (AvgIpc) is 3.20. The molecule has 24 heavy (non-hydrogen) atoms. The zero-order valence-electron chi connectivity index (χ0n) is 14.1. The van der Waals surface area contributed by atoms with Gasteiger partial charge in [-0.3, -0.25) is 0 Å². The van der Waals surface area contributed by atoms with Crippen molar-refractivity contribution >= 4 is 16.9 Å². The SMILES string of the molecule is CCc1c[nH]c2ncnc(N3CCCC(Cc4nc(C)no4)C3)c12. The Morgan fingerprint density at radius 2 is 2.29 bits per heavy atom. The van der Waals surface area contributed by atoms with Crippen molar-refractivity contribution in [2.45, 2.75) is 39.5 Å². The summed E-state index contributed by atoms with van der Waals surface area (Å²) in [6.07, 6.45) is 7.83. The maximum absolute atomic E-state index is 5.29. The molecular weight excluding hydrogens is 304 g/mol. The highest BCUT2D eigenvalue weighted by Gasteiger charge is 2.25. The van der Waals surface area contributed by atoms with Gasteiger partial charge in [0, 0.05) is 25.7 Å². The van der Waals surface area contributed by atoms with E-state index >= 15 is 0 Å². The van der Waals surface area contributed by atoms with Crippen molar-refractivity contribution in [3.63, 3.8) is 0 Å². The Hall–Kier alpha value is -2.44. The molecule has 1 fully saturated rings. The number of hydrogen-bond donors (Lipinski definition) is 1. The Kier molecular flexibility index (Phi) is 3.92. The first-order valence-electron chi connectivity index (χ1n) is 8.59. The summed E-state index contributed by atoms with van der Waals surface area (Å²) in [5.74, 6) is 3.00. The van der Waals surface area contributed by atoms with Gasteiger partial charge in [-0.1, -0.05) is 12.1 Å². The lowest BCUT2D eigenvalue weighted by Gasteiger charge is -2.33. The summed E-state index contributed by atoms with van der Waals surface area (Å²) in [5.41, 5.74) is 2.20. The molecule has 1 atom stereocenters. The van der Waals surface area contributed by atoms with Crippen molar-refractivity contribution in [1.82, 2.24) is 25.1 Å². The van der Waals surface area contributed by atoms with Gasteiger partial charge in [0.15, 0.2) is 5.82 Å². The third-order valence-corrected chi connectivity index (χ3v) is 4.76. The van der Waals surface area contributed by atoms with Crippen molar-refractivity contribution in [1.29, 1.82) is 0 Å². The molecule has 1 N–H and O–H groups in total. The Morgan fingerprint density at radius 3 is 3.08 bits per heavy atom. The molecule has 1 unspecified atom stereocenters. The van der Waals surface area contributed by atoms with Gasteiger partial charge in [-0.15, -0.1) is 0 Å². The lowest BCUT2D eigenvalue weighted by Crippen LogP contribution is -2.37. The smallest absolute Gasteiger partial charge is 0.226 e. The van der Waals surface area contributed by atoms with Gasteiger partial charge >= 0.3 is 0 Å². The van der Waals surface area contributed by atoms with E-state index in [0.29, 0.717) is 11.7 Å². The van der Waals surface area contributed by atoms with E-state index in [4.69, 9.17) is 4.52 Å². The van der Waals surface area contributed by atoms with Crippen LogP contribution in [0.25, 0.3) is 11.0 Å². The van der Waals surface area contributed by atoms with Crippen molar-refractivity contribution in [2.75, 3.05) is 18.0 Å². The third kappa shape index (κ3) is 2.74. The normalized spacial score (nSPS) is 18.4. The van der Waals surface area contributed by atoms with Crippen LogP contribution in [-0.4, -0.2) is 38.2 Å². The first-order chi connectivity index (χ1) is 11.7. The van der Waals surface area contributed by atoms with Crippen molar-refractivity contribution in [2.24, 2.45) is 5.92 Å². The topological polar surface area (TPSA) is 83.7 Å². The summed E-state index contributed by atoms with van der Waals surface area (Å²) >= 11 is 0. The van der Waals surface area contributed by atoms with Gasteiger partial charge in [0.1, 0.15) is 17.8 Å². The van der Waals surface area contributed by atoms with Crippen LogP contribution in [0, 0.1) is 12.8 Å². The molecule has 7 nitrogen and oxygen atoms in total. The van der Waals surface area contributed by atoms with E-state index in [1.807, 2.05) is 13.1 Å². The van der Waals surface area contributed by atoms with Crippen LogP contribution in [0.1, 0.15) is 37.0 Å². The summed E-state index contributed by atoms with van der Waals surface area (Å²) in [6.45, 7) is 6.01. The van der Waals surface area contributed by atoms with E-state index < -0.39 is 0 Å². The predicted octanol–water partition coefficient (Wildman–Crippen LogP) is 2.67. The number of rotatable bonds is 4. The minimum Gasteiger partial charge on any atom is -0.356 e.